The second kappa shape index (κ2) is 11.2. The molecule has 11 heteroatoms. The minimum absolute atomic E-state index is 0.0384. The Morgan fingerprint density at radius 2 is 1.90 bits per heavy atom. The highest BCUT2D eigenvalue weighted by Gasteiger charge is 2.20. The Bertz CT molecular complexity index is 1780. The molecule has 0 spiro atoms. The zero-order valence-corrected chi connectivity index (χ0v) is 23.2. The average Bonchev–Trinajstić information content (AvgIpc) is 3.62. The summed E-state index contributed by atoms with van der Waals surface area (Å²) in [5.41, 5.74) is 5.70. The average molecular weight is 550 g/mol. The van der Waals surface area contributed by atoms with Gasteiger partial charge in [0.05, 0.1) is 0 Å². The minimum Gasteiger partial charge on any atom is -0.457 e. The lowest BCUT2D eigenvalue weighted by molar-refractivity contribution is -0.125. The van der Waals surface area contributed by atoms with Gasteiger partial charge < -0.3 is 19.9 Å². The topological polar surface area (TPSA) is 105 Å². The van der Waals surface area contributed by atoms with Crippen LogP contribution in [-0.4, -0.2) is 78.6 Å². The summed E-state index contributed by atoms with van der Waals surface area (Å²) in [7, 11) is 3.96. The van der Waals surface area contributed by atoms with Crippen molar-refractivity contribution in [1.82, 2.24) is 39.0 Å². The molecule has 0 fully saturated rings. The van der Waals surface area contributed by atoms with Gasteiger partial charge in [-0.2, -0.15) is 10.2 Å². The van der Waals surface area contributed by atoms with Crippen molar-refractivity contribution in [2.45, 2.75) is 13.3 Å². The molecular weight excluding hydrogens is 518 g/mol. The number of amides is 1. The molecule has 0 unspecified atom stereocenters. The molecule has 11 nitrogen and oxygen atoms in total. The summed E-state index contributed by atoms with van der Waals surface area (Å²) in [6, 6.07) is 11.7. The summed E-state index contributed by atoms with van der Waals surface area (Å²) >= 11 is 0. The highest BCUT2D eigenvalue weighted by molar-refractivity contribution is 5.90. The molecule has 0 aliphatic carbocycles. The Morgan fingerprint density at radius 3 is 2.71 bits per heavy atom. The van der Waals surface area contributed by atoms with Gasteiger partial charge >= 0.3 is 0 Å². The molecule has 208 valence electrons. The van der Waals surface area contributed by atoms with Crippen LogP contribution in [0.1, 0.15) is 17.5 Å². The number of nitrogens with one attached hydrogen (secondary N) is 1. The molecule has 1 amide bonds. The predicted molar refractivity (Wildman–Crippen MR) is 157 cm³/mol. The van der Waals surface area contributed by atoms with E-state index in [4.69, 9.17) is 4.74 Å². The largest absolute Gasteiger partial charge is 0.457 e. The van der Waals surface area contributed by atoms with Crippen LogP contribution >= 0.6 is 0 Å². The molecule has 1 aromatic carbocycles. The van der Waals surface area contributed by atoms with Crippen molar-refractivity contribution in [2.75, 3.05) is 39.0 Å². The van der Waals surface area contributed by atoms with Crippen LogP contribution in [0.2, 0.25) is 0 Å². The maximum absolute atomic E-state index is 12.6. The number of hydrogen-bond acceptors (Lipinski definition) is 8. The number of anilines is 2. The summed E-state index contributed by atoms with van der Waals surface area (Å²) < 4.78 is 9.65. The Kier molecular flexibility index (Phi) is 7.17. The van der Waals surface area contributed by atoms with E-state index < -0.39 is 0 Å². The molecule has 5 aromatic rings. The van der Waals surface area contributed by atoms with Gasteiger partial charge in [-0.3, -0.25) is 4.79 Å². The Morgan fingerprint density at radius 1 is 1.07 bits per heavy atom. The number of aryl methyl sites for hydroxylation is 1. The molecule has 0 saturated heterocycles. The molecule has 41 heavy (non-hydrogen) atoms. The number of likely N-dealkylation sites (N-methyl/N-ethyl adjacent to an activating group) is 1. The molecule has 1 aliphatic heterocycles. The van der Waals surface area contributed by atoms with Crippen LogP contribution in [0.15, 0.2) is 79.7 Å². The number of fused-ring (bicyclic) bond motifs is 2. The van der Waals surface area contributed by atoms with Gasteiger partial charge in [-0.15, -0.1) is 0 Å². The van der Waals surface area contributed by atoms with Gasteiger partial charge in [0, 0.05) is 55.4 Å². The normalized spacial score (nSPS) is 13.9. The van der Waals surface area contributed by atoms with E-state index in [1.165, 1.54) is 11.9 Å². The first-order valence-corrected chi connectivity index (χ1v) is 13.4. The van der Waals surface area contributed by atoms with E-state index in [1.807, 2.05) is 84.1 Å². The first-order valence-electron chi connectivity index (χ1n) is 13.4. The summed E-state index contributed by atoms with van der Waals surface area (Å²) in [6.45, 7) is 3.97. The lowest BCUT2D eigenvalue weighted by atomic mass is 10.0. The molecule has 0 bridgehead atoms. The molecule has 4 aromatic heterocycles. The highest BCUT2D eigenvalue weighted by Crippen LogP contribution is 2.33. The second-order valence-electron chi connectivity index (χ2n) is 10.2. The molecule has 0 saturated carbocycles. The Labute approximate surface area is 237 Å². The number of nitrogens with zero attached hydrogens (tertiary/aromatic N) is 8. The molecular formula is C30H31N9O2. The zero-order valence-electron chi connectivity index (χ0n) is 23.2. The molecule has 0 atom stereocenters. The van der Waals surface area contributed by atoms with Gasteiger partial charge in [0.1, 0.15) is 29.7 Å². The van der Waals surface area contributed by atoms with Crippen molar-refractivity contribution < 1.29 is 9.53 Å². The number of carbonyl (C=O) groups is 1. The fourth-order valence-corrected chi connectivity index (χ4v) is 4.85. The third-order valence-corrected chi connectivity index (χ3v) is 6.97. The van der Waals surface area contributed by atoms with Crippen molar-refractivity contribution in [1.29, 1.82) is 0 Å². The van der Waals surface area contributed by atoms with Crippen molar-refractivity contribution >= 4 is 34.1 Å². The lowest BCUT2D eigenvalue weighted by Gasteiger charge is -2.25. The van der Waals surface area contributed by atoms with Crippen LogP contribution in [0, 0.1) is 6.92 Å². The van der Waals surface area contributed by atoms with Crippen LogP contribution in [0.5, 0.6) is 11.5 Å². The van der Waals surface area contributed by atoms with Crippen molar-refractivity contribution in [3.8, 4) is 11.5 Å². The molecule has 5 heterocycles. The maximum atomic E-state index is 12.6. The first-order chi connectivity index (χ1) is 19.9. The number of hydrogen-bond donors (Lipinski definition) is 1. The maximum Gasteiger partial charge on any atom is 0.246 e. The van der Waals surface area contributed by atoms with Crippen LogP contribution in [0.3, 0.4) is 0 Å². The van der Waals surface area contributed by atoms with E-state index in [-0.39, 0.29) is 5.91 Å². The van der Waals surface area contributed by atoms with Gasteiger partial charge in [0.15, 0.2) is 11.5 Å². The van der Waals surface area contributed by atoms with Crippen molar-refractivity contribution in [3.63, 3.8) is 0 Å². The summed E-state index contributed by atoms with van der Waals surface area (Å²) in [5.74, 6) is 2.18. The number of pyridine rings is 1. The standard InChI is InChI=1S/C30H31N9O2/c1-21-17-23(6-7-26(21)41-24-10-15-38-27(18-24)31-19-33-38)35-30-29-25(11-16-39(29)34-20-32-30)22-8-13-37(14-9-22)28(40)5-4-12-36(2)3/h4-8,10-11,15-20H,9,12-14H2,1-3H3,(H,32,34,35)/b5-4+. The number of aromatic nitrogens is 6. The lowest BCUT2D eigenvalue weighted by Crippen LogP contribution is -2.33. The number of ether oxygens (including phenoxy) is 1. The van der Waals surface area contributed by atoms with E-state index in [0.29, 0.717) is 24.7 Å². The fraction of sp³-hybridized carbons (Fsp3) is 0.233. The van der Waals surface area contributed by atoms with Gasteiger partial charge in [-0.05, 0) is 68.9 Å². The van der Waals surface area contributed by atoms with E-state index in [2.05, 4.69) is 37.6 Å². The number of carbonyl (C=O) groups excluding carboxylic acids is 1. The molecule has 1 N–H and O–H groups in total. The number of rotatable bonds is 8. The Balaban J connectivity index is 1.19. The van der Waals surface area contributed by atoms with E-state index >= 15 is 0 Å². The van der Waals surface area contributed by atoms with Gasteiger partial charge in [-0.1, -0.05) is 12.2 Å². The monoisotopic (exact) mass is 549 g/mol. The third-order valence-electron chi connectivity index (χ3n) is 6.97. The minimum atomic E-state index is 0.0384. The van der Waals surface area contributed by atoms with Crippen molar-refractivity contribution in [3.05, 3.63) is 90.8 Å². The first kappa shape index (κ1) is 26.2. The summed E-state index contributed by atoms with van der Waals surface area (Å²) in [6.07, 6.45) is 13.3. The van der Waals surface area contributed by atoms with E-state index in [1.54, 1.807) is 16.9 Å². The SMILES string of the molecule is Cc1cc(Nc2ncnn3ccc(C4=CCN(C(=O)/C=C/CN(C)C)CC4)c23)ccc1Oc1ccn2ncnc2c1. The van der Waals surface area contributed by atoms with Crippen LogP contribution in [0.25, 0.3) is 16.7 Å². The van der Waals surface area contributed by atoms with Crippen LogP contribution in [-0.2, 0) is 4.79 Å². The summed E-state index contributed by atoms with van der Waals surface area (Å²) in [5, 5.41) is 12.0. The zero-order chi connectivity index (χ0) is 28.3. The summed E-state index contributed by atoms with van der Waals surface area (Å²) in [4.78, 5) is 25.2. The molecule has 0 radical (unpaired) electrons. The fourth-order valence-electron chi connectivity index (χ4n) is 4.85. The van der Waals surface area contributed by atoms with Crippen LogP contribution in [0.4, 0.5) is 11.5 Å². The highest BCUT2D eigenvalue weighted by atomic mass is 16.5. The van der Waals surface area contributed by atoms with Gasteiger partial charge in [-0.25, -0.2) is 19.0 Å². The second-order valence-corrected chi connectivity index (χ2v) is 10.2. The molecule has 6 rings (SSSR count). The van der Waals surface area contributed by atoms with E-state index in [9.17, 15) is 4.79 Å². The molecule has 1 aliphatic rings. The predicted octanol–water partition coefficient (Wildman–Crippen LogP) is 4.35. The smallest absolute Gasteiger partial charge is 0.246 e. The van der Waals surface area contributed by atoms with E-state index in [0.717, 1.165) is 46.7 Å². The van der Waals surface area contributed by atoms with Crippen LogP contribution < -0.4 is 10.1 Å². The van der Waals surface area contributed by atoms with Gasteiger partial charge in [0.25, 0.3) is 0 Å². The van der Waals surface area contributed by atoms with Crippen molar-refractivity contribution in [2.24, 2.45) is 0 Å². The Hall–Kier alpha value is -5.03. The quantitative estimate of drug-likeness (QED) is 0.285. The third kappa shape index (κ3) is 5.66. The van der Waals surface area contributed by atoms with Gasteiger partial charge in [0.2, 0.25) is 5.91 Å². The number of benzene rings is 1.